The molecule has 0 fully saturated rings. The summed E-state index contributed by atoms with van der Waals surface area (Å²) in [5, 5.41) is 0. The molecule has 2 aromatic carbocycles. The summed E-state index contributed by atoms with van der Waals surface area (Å²) < 4.78 is 0. The molecule has 0 aromatic heterocycles. The van der Waals surface area contributed by atoms with Gasteiger partial charge in [0.25, 0.3) is 0 Å². The van der Waals surface area contributed by atoms with Gasteiger partial charge in [0, 0.05) is 11.1 Å². The highest BCUT2D eigenvalue weighted by Gasteiger charge is 2.25. The molecular weight excluding hydrogens is 344 g/mol. The van der Waals surface area contributed by atoms with Gasteiger partial charge in [0.2, 0.25) is 0 Å². The van der Waals surface area contributed by atoms with Crippen molar-refractivity contribution >= 4 is 0 Å². The SMILES string of the molecule is CC(C)c1c(OOc2cccc(C(C)(C)C)c2C(C)C)cccc1C(C)(C)C. The molecule has 0 aliphatic rings. The maximum Gasteiger partial charge on any atom is 0.182 e. The Labute approximate surface area is 172 Å². The van der Waals surface area contributed by atoms with Gasteiger partial charge in [0.1, 0.15) is 0 Å². The molecule has 0 radical (unpaired) electrons. The number of hydrogen-bond acceptors (Lipinski definition) is 2. The maximum absolute atomic E-state index is 5.98. The Morgan fingerprint density at radius 3 is 1.14 bits per heavy atom. The summed E-state index contributed by atoms with van der Waals surface area (Å²) in [5.74, 6) is 2.30. The Kier molecular flexibility index (Phi) is 6.53. The summed E-state index contributed by atoms with van der Waals surface area (Å²) in [6.45, 7) is 22.3. The Bertz CT molecular complexity index is 733. The first-order valence-corrected chi connectivity index (χ1v) is 10.4. The van der Waals surface area contributed by atoms with E-state index in [1.165, 1.54) is 22.3 Å². The first-order chi connectivity index (χ1) is 12.8. The zero-order valence-electron chi connectivity index (χ0n) is 19.4. The molecule has 0 N–H and O–H groups in total. The standard InChI is InChI=1S/C26H38O2/c1-17(2)23-19(25(5,6)7)13-11-15-21(23)27-28-22-16-12-14-20(26(8,9)10)24(22)18(3)4/h11-18H,1-10H3. The van der Waals surface area contributed by atoms with Gasteiger partial charge >= 0.3 is 0 Å². The summed E-state index contributed by atoms with van der Waals surface area (Å²) in [4.78, 5) is 12.0. The number of hydrogen-bond donors (Lipinski definition) is 0. The van der Waals surface area contributed by atoms with Gasteiger partial charge in [-0.3, -0.25) is 9.78 Å². The van der Waals surface area contributed by atoms with Crippen LogP contribution in [0.15, 0.2) is 36.4 Å². The minimum absolute atomic E-state index is 0.0498. The number of benzene rings is 2. The fourth-order valence-corrected chi connectivity index (χ4v) is 3.82. The van der Waals surface area contributed by atoms with Crippen LogP contribution in [-0.2, 0) is 10.8 Å². The third-order valence-electron chi connectivity index (χ3n) is 5.12. The third-order valence-corrected chi connectivity index (χ3v) is 5.12. The topological polar surface area (TPSA) is 18.5 Å². The zero-order chi connectivity index (χ0) is 21.3. The molecule has 0 unspecified atom stereocenters. The maximum atomic E-state index is 5.98. The van der Waals surface area contributed by atoms with Crippen molar-refractivity contribution in [3.8, 4) is 11.5 Å². The fourth-order valence-electron chi connectivity index (χ4n) is 3.82. The normalized spacial score (nSPS) is 12.6. The van der Waals surface area contributed by atoms with Crippen LogP contribution in [0.3, 0.4) is 0 Å². The van der Waals surface area contributed by atoms with Crippen LogP contribution in [0, 0.1) is 0 Å². The minimum atomic E-state index is 0.0498. The molecule has 2 heteroatoms. The van der Waals surface area contributed by atoms with Crippen LogP contribution >= 0.6 is 0 Å². The predicted molar refractivity (Wildman–Crippen MR) is 120 cm³/mol. The Hall–Kier alpha value is -1.96. The lowest BCUT2D eigenvalue weighted by molar-refractivity contribution is -0.102. The molecule has 0 atom stereocenters. The molecule has 0 saturated heterocycles. The second kappa shape index (κ2) is 8.19. The van der Waals surface area contributed by atoms with Crippen LogP contribution in [-0.4, -0.2) is 0 Å². The second-order valence-electron chi connectivity index (χ2n) is 10.4. The van der Waals surface area contributed by atoms with Gasteiger partial charge in [0.05, 0.1) is 0 Å². The van der Waals surface area contributed by atoms with Gasteiger partial charge in [-0.25, -0.2) is 0 Å². The lowest BCUT2D eigenvalue weighted by Crippen LogP contribution is -2.18. The van der Waals surface area contributed by atoms with E-state index in [1.54, 1.807) is 0 Å². The third kappa shape index (κ3) is 4.90. The van der Waals surface area contributed by atoms with Gasteiger partial charge in [-0.05, 0) is 45.9 Å². The molecule has 0 amide bonds. The zero-order valence-corrected chi connectivity index (χ0v) is 19.4. The molecular formula is C26H38O2. The van der Waals surface area contributed by atoms with Gasteiger partial charge in [-0.1, -0.05) is 93.5 Å². The van der Waals surface area contributed by atoms with Gasteiger partial charge in [-0.15, -0.1) is 0 Å². The van der Waals surface area contributed by atoms with E-state index in [4.69, 9.17) is 9.78 Å². The van der Waals surface area contributed by atoms with Crippen LogP contribution in [0.1, 0.15) is 103 Å². The van der Waals surface area contributed by atoms with Crippen LogP contribution in [0.2, 0.25) is 0 Å². The van der Waals surface area contributed by atoms with Crippen LogP contribution < -0.4 is 9.78 Å². The quantitative estimate of drug-likeness (QED) is 0.386. The Balaban J connectivity index is 2.46. The van der Waals surface area contributed by atoms with Gasteiger partial charge in [0.15, 0.2) is 11.5 Å². The first kappa shape index (κ1) is 22.3. The van der Waals surface area contributed by atoms with E-state index in [1.807, 2.05) is 12.1 Å². The van der Waals surface area contributed by atoms with E-state index in [9.17, 15) is 0 Å². The average molecular weight is 383 g/mol. The highest BCUT2D eigenvalue weighted by molar-refractivity contribution is 5.47. The molecule has 28 heavy (non-hydrogen) atoms. The lowest BCUT2D eigenvalue weighted by atomic mass is 9.80. The number of rotatable bonds is 5. The largest absolute Gasteiger partial charge is 0.290 e. The van der Waals surface area contributed by atoms with Crippen molar-refractivity contribution in [3.05, 3.63) is 58.7 Å². The second-order valence-corrected chi connectivity index (χ2v) is 10.4. The predicted octanol–water partition coefficient (Wildman–Crippen LogP) is 7.90. The van der Waals surface area contributed by atoms with E-state index in [-0.39, 0.29) is 10.8 Å². The fraction of sp³-hybridized carbons (Fsp3) is 0.538. The van der Waals surface area contributed by atoms with Crippen LogP contribution in [0.5, 0.6) is 11.5 Å². The first-order valence-electron chi connectivity index (χ1n) is 10.4. The molecule has 0 bridgehead atoms. The van der Waals surface area contributed by atoms with E-state index in [0.717, 1.165) is 11.5 Å². The minimum Gasteiger partial charge on any atom is -0.290 e. The molecule has 2 rings (SSSR count). The van der Waals surface area contributed by atoms with Gasteiger partial charge < -0.3 is 0 Å². The van der Waals surface area contributed by atoms with E-state index in [0.29, 0.717) is 11.8 Å². The molecule has 0 heterocycles. The molecule has 0 spiro atoms. The Morgan fingerprint density at radius 1 is 0.571 bits per heavy atom. The summed E-state index contributed by atoms with van der Waals surface area (Å²) in [6.07, 6.45) is 0. The molecule has 2 nitrogen and oxygen atoms in total. The van der Waals surface area contributed by atoms with Crippen molar-refractivity contribution in [1.82, 2.24) is 0 Å². The van der Waals surface area contributed by atoms with Crippen molar-refractivity contribution in [2.75, 3.05) is 0 Å². The highest BCUT2D eigenvalue weighted by Crippen LogP contribution is 2.39. The monoisotopic (exact) mass is 382 g/mol. The summed E-state index contributed by atoms with van der Waals surface area (Å²) in [6, 6.07) is 12.5. The van der Waals surface area contributed by atoms with Crippen molar-refractivity contribution in [3.63, 3.8) is 0 Å². The van der Waals surface area contributed by atoms with E-state index >= 15 is 0 Å². The van der Waals surface area contributed by atoms with Gasteiger partial charge in [-0.2, -0.15) is 0 Å². The van der Waals surface area contributed by atoms with Crippen LogP contribution in [0.4, 0.5) is 0 Å². The molecule has 154 valence electrons. The van der Waals surface area contributed by atoms with Crippen molar-refractivity contribution in [2.24, 2.45) is 0 Å². The molecule has 0 aliphatic carbocycles. The van der Waals surface area contributed by atoms with Crippen LogP contribution in [0.25, 0.3) is 0 Å². The molecule has 0 saturated carbocycles. The molecule has 0 aliphatic heterocycles. The molecule has 2 aromatic rings. The smallest absolute Gasteiger partial charge is 0.182 e. The Morgan fingerprint density at radius 2 is 0.893 bits per heavy atom. The van der Waals surface area contributed by atoms with Crippen molar-refractivity contribution in [1.29, 1.82) is 0 Å². The van der Waals surface area contributed by atoms with Crippen molar-refractivity contribution < 1.29 is 9.78 Å². The highest BCUT2D eigenvalue weighted by atomic mass is 17.2. The van der Waals surface area contributed by atoms with E-state index in [2.05, 4.69) is 93.5 Å². The van der Waals surface area contributed by atoms with E-state index < -0.39 is 0 Å². The van der Waals surface area contributed by atoms with Crippen molar-refractivity contribution in [2.45, 2.75) is 91.9 Å². The average Bonchev–Trinajstić information content (AvgIpc) is 2.57. The summed E-state index contributed by atoms with van der Waals surface area (Å²) >= 11 is 0. The summed E-state index contributed by atoms with van der Waals surface area (Å²) in [5.41, 5.74) is 5.14. The lowest BCUT2D eigenvalue weighted by Gasteiger charge is -2.27. The summed E-state index contributed by atoms with van der Waals surface area (Å²) in [7, 11) is 0.